The van der Waals surface area contributed by atoms with Gasteiger partial charge >= 0.3 is 0 Å². The third-order valence-corrected chi connectivity index (χ3v) is 4.49. The van der Waals surface area contributed by atoms with Gasteiger partial charge in [-0.1, -0.05) is 35.9 Å². The Morgan fingerprint density at radius 1 is 1.04 bits per heavy atom. The largest absolute Gasteiger partial charge is 0.487 e. The van der Waals surface area contributed by atoms with E-state index in [0.29, 0.717) is 17.4 Å². The van der Waals surface area contributed by atoms with Gasteiger partial charge in [-0.2, -0.15) is 0 Å². The van der Waals surface area contributed by atoms with Crippen LogP contribution in [0.4, 0.5) is 10.1 Å². The van der Waals surface area contributed by atoms with Gasteiger partial charge in [0.1, 0.15) is 18.2 Å². The molecule has 0 amide bonds. The number of hydrogen-bond donors (Lipinski definition) is 0. The molecule has 0 saturated heterocycles. The van der Waals surface area contributed by atoms with Crippen LogP contribution in [0.1, 0.15) is 22.3 Å². The number of halogens is 2. The normalized spacial score (nSPS) is 11.1. The minimum Gasteiger partial charge on any atom is -0.487 e. The smallest absolute Gasteiger partial charge is 0.138 e. The molecule has 0 aliphatic rings. The Balaban J connectivity index is 1.70. The third kappa shape index (κ3) is 4.50. The van der Waals surface area contributed by atoms with Crippen LogP contribution in [0, 0.1) is 19.7 Å². The monoisotopic (exact) mass is 367 g/mol. The average molecular weight is 368 g/mol. The van der Waals surface area contributed by atoms with Crippen molar-refractivity contribution in [3.8, 4) is 5.75 Å². The van der Waals surface area contributed by atoms with Gasteiger partial charge in [0.15, 0.2) is 0 Å². The number of nitrogens with zero attached hydrogens (tertiary/aromatic N) is 1. The molecule has 3 aromatic rings. The fourth-order valence-electron chi connectivity index (χ4n) is 2.48. The highest BCUT2D eigenvalue weighted by Gasteiger charge is 2.04. The van der Waals surface area contributed by atoms with Crippen LogP contribution in [0.15, 0.2) is 65.7 Å². The van der Waals surface area contributed by atoms with Crippen LogP contribution in [-0.4, -0.2) is 6.21 Å². The summed E-state index contributed by atoms with van der Waals surface area (Å²) in [7, 11) is 0. The third-order valence-electron chi connectivity index (χ3n) is 4.19. The predicted molar refractivity (Wildman–Crippen MR) is 105 cm³/mol. The summed E-state index contributed by atoms with van der Waals surface area (Å²) in [6, 6.07) is 17.8. The van der Waals surface area contributed by atoms with Crippen LogP contribution >= 0.6 is 11.6 Å². The van der Waals surface area contributed by atoms with Crippen LogP contribution in [0.2, 0.25) is 5.02 Å². The van der Waals surface area contributed by atoms with Crippen molar-refractivity contribution in [1.82, 2.24) is 0 Å². The van der Waals surface area contributed by atoms with Gasteiger partial charge in [-0.15, -0.1) is 0 Å². The number of aliphatic imine (C=N–C) groups is 1. The van der Waals surface area contributed by atoms with E-state index < -0.39 is 0 Å². The molecule has 0 heterocycles. The predicted octanol–water partition coefficient (Wildman–Crippen LogP) is 6.43. The van der Waals surface area contributed by atoms with Crippen molar-refractivity contribution in [1.29, 1.82) is 0 Å². The highest BCUT2D eigenvalue weighted by molar-refractivity contribution is 6.32. The molecule has 0 radical (unpaired) electrons. The van der Waals surface area contributed by atoms with Crippen LogP contribution < -0.4 is 4.74 Å². The summed E-state index contributed by atoms with van der Waals surface area (Å²) in [5, 5.41) is 0.511. The molecule has 0 N–H and O–H groups in total. The van der Waals surface area contributed by atoms with Crippen molar-refractivity contribution in [3.05, 3.63) is 93.8 Å². The minimum atomic E-state index is -0.265. The van der Waals surface area contributed by atoms with E-state index in [2.05, 4.69) is 24.9 Å². The zero-order valence-electron chi connectivity index (χ0n) is 14.7. The fraction of sp³-hybridized carbons (Fsp3) is 0.136. The highest BCUT2D eigenvalue weighted by atomic mass is 35.5. The van der Waals surface area contributed by atoms with E-state index in [0.717, 1.165) is 22.4 Å². The summed E-state index contributed by atoms with van der Waals surface area (Å²) in [5.74, 6) is 0.319. The minimum absolute atomic E-state index is 0.265. The van der Waals surface area contributed by atoms with E-state index in [1.165, 1.54) is 17.7 Å². The molecular formula is C22H19ClFNO. The molecule has 0 saturated carbocycles. The maximum absolute atomic E-state index is 12.9. The van der Waals surface area contributed by atoms with E-state index in [9.17, 15) is 4.39 Å². The lowest BCUT2D eigenvalue weighted by Crippen LogP contribution is -1.96. The van der Waals surface area contributed by atoms with E-state index >= 15 is 0 Å². The maximum atomic E-state index is 12.9. The summed E-state index contributed by atoms with van der Waals surface area (Å²) in [6.07, 6.45) is 1.79. The number of ether oxygens (including phenoxy) is 1. The highest BCUT2D eigenvalue weighted by Crippen LogP contribution is 2.27. The molecule has 0 spiro atoms. The second-order valence-electron chi connectivity index (χ2n) is 6.08. The summed E-state index contributed by atoms with van der Waals surface area (Å²) >= 11 is 6.31. The van der Waals surface area contributed by atoms with E-state index in [4.69, 9.17) is 16.3 Å². The van der Waals surface area contributed by atoms with E-state index in [1.807, 2.05) is 30.3 Å². The Labute approximate surface area is 157 Å². The van der Waals surface area contributed by atoms with Gasteiger partial charge in [0.2, 0.25) is 0 Å². The number of benzene rings is 3. The van der Waals surface area contributed by atoms with Gasteiger partial charge in [0.05, 0.1) is 10.7 Å². The lowest BCUT2D eigenvalue weighted by Gasteiger charge is -2.09. The molecule has 3 rings (SSSR count). The molecule has 0 aliphatic heterocycles. The molecule has 0 unspecified atom stereocenters. The molecule has 26 heavy (non-hydrogen) atoms. The Morgan fingerprint density at radius 2 is 1.81 bits per heavy atom. The lowest BCUT2D eigenvalue weighted by atomic mass is 10.1. The van der Waals surface area contributed by atoms with Crippen LogP contribution in [0.25, 0.3) is 0 Å². The van der Waals surface area contributed by atoms with Crippen molar-refractivity contribution < 1.29 is 9.13 Å². The standard InChI is InChI=1S/C22H19ClFNO/c1-15-4-3-5-21(16(15)2)25-13-18-8-11-22(20(23)12-18)26-14-17-6-9-19(24)10-7-17/h3-13H,14H2,1-2H3. The lowest BCUT2D eigenvalue weighted by molar-refractivity contribution is 0.306. The number of aryl methyl sites for hydroxylation is 1. The van der Waals surface area contributed by atoms with E-state index in [1.54, 1.807) is 18.3 Å². The van der Waals surface area contributed by atoms with Gasteiger partial charge in [-0.3, -0.25) is 4.99 Å². The van der Waals surface area contributed by atoms with E-state index in [-0.39, 0.29) is 5.82 Å². The quantitative estimate of drug-likeness (QED) is 0.476. The van der Waals surface area contributed by atoms with Crippen molar-refractivity contribution in [2.45, 2.75) is 20.5 Å². The SMILES string of the molecule is Cc1cccc(N=Cc2ccc(OCc3ccc(F)cc3)c(Cl)c2)c1C. The molecule has 3 aromatic carbocycles. The Bertz CT molecular complexity index is 935. The zero-order chi connectivity index (χ0) is 18.5. The van der Waals surface area contributed by atoms with Crippen molar-refractivity contribution in [2.24, 2.45) is 4.99 Å². The molecule has 0 aromatic heterocycles. The number of rotatable bonds is 5. The van der Waals surface area contributed by atoms with Crippen LogP contribution in [0.5, 0.6) is 5.75 Å². The first-order chi connectivity index (χ1) is 12.5. The summed E-state index contributed by atoms with van der Waals surface area (Å²) in [5.41, 5.74) is 5.09. The summed E-state index contributed by atoms with van der Waals surface area (Å²) in [6.45, 7) is 4.45. The fourth-order valence-corrected chi connectivity index (χ4v) is 2.72. The molecule has 132 valence electrons. The molecule has 4 heteroatoms. The zero-order valence-corrected chi connectivity index (χ0v) is 15.4. The maximum Gasteiger partial charge on any atom is 0.138 e. The van der Waals surface area contributed by atoms with Gasteiger partial charge < -0.3 is 4.74 Å². The molecule has 0 aliphatic carbocycles. The molecule has 0 bridgehead atoms. The van der Waals surface area contributed by atoms with Gasteiger partial charge in [-0.25, -0.2) is 4.39 Å². The molecule has 0 atom stereocenters. The summed E-state index contributed by atoms with van der Waals surface area (Å²) < 4.78 is 18.6. The van der Waals surface area contributed by atoms with Gasteiger partial charge in [-0.05, 0) is 72.5 Å². The first kappa shape index (κ1) is 18.2. The van der Waals surface area contributed by atoms with Gasteiger partial charge in [0, 0.05) is 6.21 Å². The van der Waals surface area contributed by atoms with Crippen molar-refractivity contribution in [3.63, 3.8) is 0 Å². The number of hydrogen-bond acceptors (Lipinski definition) is 2. The molecule has 0 fully saturated rings. The van der Waals surface area contributed by atoms with Crippen molar-refractivity contribution in [2.75, 3.05) is 0 Å². The van der Waals surface area contributed by atoms with Crippen molar-refractivity contribution >= 4 is 23.5 Å². The van der Waals surface area contributed by atoms with Crippen LogP contribution in [0.3, 0.4) is 0 Å². The molecule has 2 nitrogen and oxygen atoms in total. The Kier molecular flexibility index (Phi) is 5.69. The Morgan fingerprint density at radius 3 is 2.54 bits per heavy atom. The average Bonchev–Trinajstić information content (AvgIpc) is 2.63. The molecular weight excluding hydrogens is 349 g/mol. The van der Waals surface area contributed by atoms with Crippen LogP contribution in [-0.2, 0) is 6.61 Å². The Hall–Kier alpha value is -2.65. The summed E-state index contributed by atoms with van der Waals surface area (Å²) in [4.78, 5) is 4.55. The first-order valence-electron chi connectivity index (χ1n) is 8.30. The second kappa shape index (κ2) is 8.15. The second-order valence-corrected chi connectivity index (χ2v) is 6.49. The van der Waals surface area contributed by atoms with Gasteiger partial charge in [0.25, 0.3) is 0 Å². The topological polar surface area (TPSA) is 21.6 Å². The first-order valence-corrected chi connectivity index (χ1v) is 8.68.